The molecule has 1 aliphatic carbocycles. The van der Waals surface area contributed by atoms with Gasteiger partial charge in [0.05, 0.1) is 11.8 Å². The van der Waals surface area contributed by atoms with E-state index in [0.29, 0.717) is 6.54 Å². The highest BCUT2D eigenvalue weighted by Gasteiger charge is 2.37. The van der Waals surface area contributed by atoms with E-state index >= 15 is 0 Å². The molecule has 124 valence electrons. The maximum Gasteiger partial charge on any atom is 0.308 e. The second-order valence-corrected chi connectivity index (χ2v) is 6.58. The molecule has 0 aromatic carbocycles. The van der Waals surface area contributed by atoms with Crippen molar-refractivity contribution in [2.24, 2.45) is 11.8 Å². The molecule has 0 aromatic rings. The number of carboxylic acid groups (broad SMARTS) is 1. The minimum atomic E-state index is -0.928. The van der Waals surface area contributed by atoms with Crippen LogP contribution in [0.4, 0.5) is 0 Å². The van der Waals surface area contributed by atoms with Crippen molar-refractivity contribution in [3.8, 4) is 0 Å². The van der Waals surface area contributed by atoms with Gasteiger partial charge >= 0.3 is 5.97 Å². The third kappa shape index (κ3) is 4.21. The standard InChI is InChI=1S/C16H26N2O4/c1-11(16(21)22)9-17-15(20)12-8-14(19)18(10-12)13-6-4-2-3-5-7-13/h11-13H,2-10H2,1H3,(H,17,20)(H,21,22)/t11-,12-/m0/s1. The Morgan fingerprint density at radius 3 is 2.50 bits per heavy atom. The molecule has 2 rings (SSSR count). The lowest BCUT2D eigenvalue weighted by atomic mass is 10.1. The van der Waals surface area contributed by atoms with Gasteiger partial charge in [-0.25, -0.2) is 0 Å². The first-order chi connectivity index (χ1) is 10.5. The van der Waals surface area contributed by atoms with Crippen molar-refractivity contribution in [1.29, 1.82) is 0 Å². The molecule has 1 aliphatic heterocycles. The van der Waals surface area contributed by atoms with Gasteiger partial charge in [-0.1, -0.05) is 32.6 Å². The molecule has 1 saturated carbocycles. The van der Waals surface area contributed by atoms with Crippen molar-refractivity contribution in [2.75, 3.05) is 13.1 Å². The van der Waals surface area contributed by atoms with Gasteiger partial charge < -0.3 is 15.3 Å². The second kappa shape index (κ2) is 7.61. The predicted octanol–water partition coefficient (Wildman–Crippen LogP) is 1.39. The number of nitrogens with one attached hydrogen (secondary N) is 1. The molecule has 0 aromatic heterocycles. The van der Waals surface area contributed by atoms with Gasteiger partial charge in [-0.05, 0) is 12.8 Å². The maximum atomic E-state index is 12.2. The molecule has 6 nitrogen and oxygen atoms in total. The van der Waals surface area contributed by atoms with E-state index < -0.39 is 11.9 Å². The molecule has 0 bridgehead atoms. The number of hydrogen-bond donors (Lipinski definition) is 2. The summed E-state index contributed by atoms with van der Waals surface area (Å²) in [7, 11) is 0. The minimum absolute atomic E-state index is 0.0679. The third-order valence-corrected chi connectivity index (χ3v) is 4.80. The zero-order valence-corrected chi connectivity index (χ0v) is 13.2. The molecule has 0 radical (unpaired) electrons. The number of likely N-dealkylation sites (tertiary alicyclic amines) is 1. The Morgan fingerprint density at radius 1 is 1.27 bits per heavy atom. The average molecular weight is 310 g/mol. The Kier molecular flexibility index (Phi) is 5.80. The highest BCUT2D eigenvalue weighted by Crippen LogP contribution is 2.28. The zero-order chi connectivity index (χ0) is 16.1. The topological polar surface area (TPSA) is 86.7 Å². The first-order valence-corrected chi connectivity index (χ1v) is 8.29. The largest absolute Gasteiger partial charge is 0.481 e. The molecule has 2 aliphatic rings. The molecule has 22 heavy (non-hydrogen) atoms. The molecule has 0 unspecified atom stereocenters. The van der Waals surface area contributed by atoms with Gasteiger partial charge in [0.2, 0.25) is 11.8 Å². The number of nitrogens with zero attached hydrogens (tertiary/aromatic N) is 1. The van der Waals surface area contributed by atoms with E-state index in [4.69, 9.17) is 5.11 Å². The van der Waals surface area contributed by atoms with Crippen LogP contribution in [0.2, 0.25) is 0 Å². The summed E-state index contributed by atoms with van der Waals surface area (Å²) >= 11 is 0. The molecular formula is C16H26N2O4. The molecule has 2 amide bonds. The van der Waals surface area contributed by atoms with Crippen LogP contribution in [-0.4, -0.2) is 46.9 Å². The summed E-state index contributed by atoms with van der Waals surface area (Å²) in [5.41, 5.74) is 0. The van der Waals surface area contributed by atoms with Crippen molar-refractivity contribution in [2.45, 2.75) is 57.9 Å². The van der Waals surface area contributed by atoms with Crippen molar-refractivity contribution >= 4 is 17.8 Å². The summed E-state index contributed by atoms with van der Waals surface area (Å²) in [4.78, 5) is 37.0. The van der Waals surface area contributed by atoms with Gasteiger partial charge in [0.1, 0.15) is 0 Å². The fourth-order valence-corrected chi connectivity index (χ4v) is 3.31. The normalized spacial score (nSPS) is 24.9. The number of carbonyl (C=O) groups excluding carboxylic acids is 2. The molecule has 2 atom stereocenters. The van der Waals surface area contributed by atoms with Crippen LogP contribution in [0.25, 0.3) is 0 Å². The van der Waals surface area contributed by atoms with Gasteiger partial charge in [0.25, 0.3) is 0 Å². The molecule has 0 spiro atoms. The smallest absolute Gasteiger partial charge is 0.308 e. The molecule has 2 fully saturated rings. The van der Waals surface area contributed by atoms with Crippen molar-refractivity contribution in [3.63, 3.8) is 0 Å². The summed E-state index contributed by atoms with van der Waals surface area (Å²) in [6.07, 6.45) is 7.10. The molecule has 2 N–H and O–H groups in total. The van der Waals surface area contributed by atoms with Crippen LogP contribution in [0.5, 0.6) is 0 Å². The van der Waals surface area contributed by atoms with Gasteiger partial charge in [0.15, 0.2) is 0 Å². The number of amides is 2. The van der Waals surface area contributed by atoms with Gasteiger partial charge in [-0.3, -0.25) is 14.4 Å². The SMILES string of the molecule is C[C@@H](CNC(=O)[C@H]1CC(=O)N(C2CCCCCC2)C1)C(=O)O. The van der Waals surface area contributed by atoms with Gasteiger partial charge in [-0.2, -0.15) is 0 Å². The lowest BCUT2D eigenvalue weighted by molar-refractivity contribution is -0.141. The van der Waals surface area contributed by atoms with E-state index in [0.717, 1.165) is 25.7 Å². The number of rotatable bonds is 5. The quantitative estimate of drug-likeness (QED) is 0.751. The molecular weight excluding hydrogens is 284 g/mol. The van der Waals surface area contributed by atoms with Crippen molar-refractivity contribution < 1.29 is 19.5 Å². The van der Waals surface area contributed by atoms with Crippen LogP contribution in [0, 0.1) is 11.8 Å². The minimum Gasteiger partial charge on any atom is -0.481 e. The first kappa shape index (κ1) is 16.8. The molecule has 1 saturated heterocycles. The highest BCUT2D eigenvalue weighted by atomic mass is 16.4. The van der Waals surface area contributed by atoms with Crippen LogP contribution < -0.4 is 5.32 Å². The summed E-state index contributed by atoms with van der Waals surface area (Å²) in [6.45, 7) is 2.15. The summed E-state index contributed by atoms with van der Waals surface area (Å²) < 4.78 is 0. The van der Waals surface area contributed by atoms with Crippen molar-refractivity contribution in [1.82, 2.24) is 10.2 Å². The Balaban J connectivity index is 1.85. The van der Waals surface area contributed by atoms with Crippen molar-refractivity contribution in [3.05, 3.63) is 0 Å². The van der Waals surface area contributed by atoms with E-state index in [1.165, 1.54) is 12.8 Å². The number of hydrogen-bond acceptors (Lipinski definition) is 3. The average Bonchev–Trinajstić information content (AvgIpc) is 2.71. The van der Waals surface area contributed by atoms with Gasteiger partial charge in [0, 0.05) is 25.6 Å². The summed E-state index contributed by atoms with van der Waals surface area (Å²) in [6, 6.07) is 0.283. The third-order valence-electron chi connectivity index (χ3n) is 4.80. The number of carbonyl (C=O) groups is 3. The Labute approximate surface area is 131 Å². The van der Waals surface area contributed by atoms with Crippen LogP contribution >= 0.6 is 0 Å². The Hall–Kier alpha value is -1.59. The second-order valence-electron chi connectivity index (χ2n) is 6.58. The number of aliphatic carboxylic acids is 1. The maximum absolute atomic E-state index is 12.2. The van der Waals surface area contributed by atoms with Crippen LogP contribution in [0.1, 0.15) is 51.9 Å². The Morgan fingerprint density at radius 2 is 1.91 bits per heavy atom. The van der Waals surface area contributed by atoms with E-state index in [1.54, 1.807) is 6.92 Å². The van der Waals surface area contributed by atoms with E-state index in [9.17, 15) is 14.4 Å². The zero-order valence-electron chi connectivity index (χ0n) is 13.2. The summed E-state index contributed by atoms with van der Waals surface area (Å²) in [5.74, 6) is -2.01. The monoisotopic (exact) mass is 310 g/mol. The van der Waals surface area contributed by atoms with E-state index in [-0.39, 0.29) is 36.7 Å². The highest BCUT2D eigenvalue weighted by molar-refractivity contribution is 5.89. The van der Waals surface area contributed by atoms with Crippen LogP contribution in [0.15, 0.2) is 0 Å². The van der Waals surface area contributed by atoms with Crippen LogP contribution in [0.3, 0.4) is 0 Å². The number of carboxylic acids is 1. The fraction of sp³-hybridized carbons (Fsp3) is 0.812. The van der Waals surface area contributed by atoms with E-state index in [2.05, 4.69) is 5.32 Å². The van der Waals surface area contributed by atoms with Crippen LogP contribution in [-0.2, 0) is 14.4 Å². The lowest BCUT2D eigenvalue weighted by Gasteiger charge is -2.27. The molecule has 6 heteroatoms. The van der Waals surface area contributed by atoms with E-state index in [1.807, 2.05) is 4.90 Å². The summed E-state index contributed by atoms with van der Waals surface area (Å²) in [5, 5.41) is 11.5. The first-order valence-electron chi connectivity index (χ1n) is 8.29. The fourth-order valence-electron chi connectivity index (χ4n) is 3.31. The Bertz CT molecular complexity index is 430. The predicted molar refractivity (Wildman–Crippen MR) is 81.1 cm³/mol. The lowest BCUT2D eigenvalue weighted by Crippen LogP contribution is -2.39. The molecule has 1 heterocycles. The van der Waals surface area contributed by atoms with Gasteiger partial charge in [-0.15, -0.1) is 0 Å².